The highest BCUT2D eigenvalue weighted by atomic mass is 16.2. The van der Waals surface area contributed by atoms with Crippen LogP contribution in [0.2, 0.25) is 0 Å². The predicted octanol–water partition coefficient (Wildman–Crippen LogP) is 2.27. The van der Waals surface area contributed by atoms with Crippen LogP contribution in [0.3, 0.4) is 0 Å². The van der Waals surface area contributed by atoms with Crippen LogP contribution < -0.4 is 5.32 Å². The van der Waals surface area contributed by atoms with Crippen LogP contribution in [0, 0.1) is 5.92 Å². The molecule has 0 radical (unpaired) electrons. The minimum Gasteiger partial charge on any atom is -0.352 e. The van der Waals surface area contributed by atoms with Crippen molar-refractivity contribution in [2.75, 3.05) is 0 Å². The Hall–Kier alpha value is -1.38. The molecular formula is C14H20N2O. The van der Waals surface area contributed by atoms with E-state index >= 15 is 0 Å². The predicted molar refractivity (Wildman–Crippen MR) is 67.6 cm³/mol. The maximum Gasteiger partial charge on any atom is 0.221 e. The van der Waals surface area contributed by atoms with Crippen molar-refractivity contribution in [3.63, 3.8) is 0 Å². The van der Waals surface area contributed by atoms with E-state index in [1.54, 1.807) is 6.20 Å². The zero-order chi connectivity index (χ0) is 12.5. The normalized spacial score (nSPS) is 28.5. The van der Waals surface area contributed by atoms with Gasteiger partial charge < -0.3 is 5.32 Å². The molecule has 1 fully saturated rings. The molecule has 1 saturated heterocycles. The average Bonchev–Trinajstić information content (AvgIpc) is 2.55. The van der Waals surface area contributed by atoms with Crippen molar-refractivity contribution in [3.05, 3.63) is 30.1 Å². The number of carbonyl (C=O) groups excluding carboxylic acids is 1. The summed E-state index contributed by atoms with van der Waals surface area (Å²) in [5.74, 6) is 0.713. The van der Waals surface area contributed by atoms with Crippen molar-refractivity contribution >= 4 is 5.91 Å². The van der Waals surface area contributed by atoms with E-state index in [4.69, 9.17) is 0 Å². The lowest BCUT2D eigenvalue weighted by molar-refractivity contribution is -0.119. The van der Waals surface area contributed by atoms with E-state index in [9.17, 15) is 4.79 Å². The highest BCUT2D eigenvalue weighted by Crippen LogP contribution is 2.37. The van der Waals surface area contributed by atoms with Gasteiger partial charge in [0.1, 0.15) is 0 Å². The molecule has 2 rings (SSSR count). The molecule has 0 aliphatic carbocycles. The molecule has 2 unspecified atom stereocenters. The summed E-state index contributed by atoms with van der Waals surface area (Å²) in [5.41, 5.74) is 0.854. The first-order valence-electron chi connectivity index (χ1n) is 6.23. The van der Waals surface area contributed by atoms with E-state index in [0.717, 1.165) is 12.1 Å². The third-order valence-electron chi connectivity index (χ3n) is 3.59. The number of rotatable bonds is 3. The molecular weight excluding hydrogens is 212 g/mol. The maximum atomic E-state index is 11.7. The Morgan fingerprint density at radius 2 is 2.29 bits per heavy atom. The Morgan fingerprint density at radius 1 is 1.53 bits per heavy atom. The molecule has 1 aliphatic heterocycles. The fourth-order valence-corrected chi connectivity index (χ4v) is 2.62. The molecule has 0 spiro atoms. The molecule has 2 heterocycles. The van der Waals surface area contributed by atoms with Crippen LogP contribution in [-0.2, 0) is 10.2 Å². The lowest BCUT2D eigenvalue weighted by Crippen LogP contribution is -2.39. The van der Waals surface area contributed by atoms with Crippen LogP contribution in [0.4, 0.5) is 0 Å². The highest BCUT2D eigenvalue weighted by molar-refractivity contribution is 5.81. The van der Waals surface area contributed by atoms with E-state index in [1.807, 2.05) is 18.2 Å². The van der Waals surface area contributed by atoms with Crippen LogP contribution >= 0.6 is 0 Å². The Kier molecular flexibility index (Phi) is 3.18. The summed E-state index contributed by atoms with van der Waals surface area (Å²) in [6.45, 7) is 6.51. The molecule has 1 amide bonds. The van der Waals surface area contributed by atoms with Gasteiger partial charge in [0.15, 0.2) is 0 Å². The first-order chi connectivity index (χ1) is 8.02. The lowest BCUT2D eigenvalue weighted by Gasteiger charge is -2.30. The fourth-order valence-electron chi connectivity index (χ4n) is 2.62. The van der Waals surface area contributed by atoms with E-state index in [-0.39, 0.29) is 17.4 Å². The standard InChI is InChI=1S/C14H20N2O/c1-10(2)8-12-14(3,9-13(17)16-12)11-6-4-5-7-15-11/h4-7,10,12H,8-9H2,1-3H3,(H,16,17). The molecule has 17 heavy (non-hydrogen) atoms. The van der Waals surface area contributed by atoms with Gasteiger partial charge in [0.25, 0.3) is 0 Å². The summed E-state index contributed by atoms with van der Waals surface area (Å²) in [5, 5.41) is 3.10. The van der Waals surface area contributed by atoms with E-state index in [0.29, 0.717) is 12.3 Å². The van der Waals surface area contributed by atoms with Crippen LogP contribution in [0.25, 0.3) is 0 Å². The average molecular weight is 232 g/mol. The van der Waals surface area contributed by atoms with E-state index in [2.05, 4.69) is 31.1 Å². The van der Waals surface area contributed by atoms with Gasteiger partial charge in [-0.15, -0.1) is 0 Å². The van der Waals surface area contributed by atoms with E-state index < -0.39 is 0 Å². The Morgan fingerprint density at radius 3 is 2.88 bits per heavy atom. The summed E-state index contributed by atoms with van der Waals surface area (Å²) in [7, 11) is 0. The number of pyridine rings is 1. The van der Waals surface area contributed by atoms with Gasteiger partial charge in [-0.05, 0) is 24.5 Å². The Labute approximate surface area is 103 Å². The second kappa shape index (κ2) is 4.47. The summed E-state index contributed by atoms with van der Waals surface area (Å²) < 4.78 is 0. The summed E-state index contributed by atoms with van der Waals surface area (Å²) in [4.78, 5) is 16.1. The van der Waals surface area contributed by atoms with Crippen LogP contribution in [-0.4, -0.2) is 16.9 Å². The van der Waals surface area contributed by atoms with Gasteiger partial charge in [-0.25, -0.2) is 0 Å². The van der Waals surface area contributed by atoms with Gasteiger partial charge in [0, 0.05) is 29.8 Å². The number of nitrogens with zero attached hydrogens (tertiary/aromatic N) is 1. The zero-order valence-corrected chi connectivity index (χ0v) is 10.7. The minimum absolute atomic E-state index is 0.142. The monoisotopic (exact) mass is 232 g/mol. The quantitative estimate of drug-likeness (QED) is 0.868. The van der Waals surface area contributed by atoms with Crippen molar-refractivity contribution < 1.29 is 4.79 Å². The van der Waals surface area contributed by atoms with Crippen LogP contribution in [0.5, 0.6) is 0 Å². The van der Waals surface area contributed by atoms with E-state index in [1.165, 1.54) is 0 Å². The Balaban J connectivity index is 2.30. The molecule has 3 nitrogen and oxygen atoms in total. The molecule has 3 heteroatoms. The number of amides is 1. The van der Waals surface area contributed by atoms with Crippen LogP contribution in [0.15, 0.2) is 24.4 Å². The summed E-state index contributed by atoms with van der Waals surface area (Å²) >= 11 is 0. The number of nitrogens with one attached hydrogen (secondary N) is 1. The Bertz CT molecular complexity index is 402. The molecule has 0 saturated carbocycles. The van der Waals surface area contributed by atoms with Gasteiger partial charge in [-0.3, -0.25) is 9.78 Å². The largest absolute Gasteiger partial charge is 0.352 e. The van der Waals surface area contributed by atoms with Gasteiger partial charge in [0.2, 0.25) is 5.91 Å². The minimum atomic E-state index is -0.164. The smallest absolute Gasteiger partial charge is 0.221 e. The first kappa shape index (κ1) is 12.1. The molecule has 1 aliphatic rings. The van der Waals surface area contributed by atoms with Crippen molar-refractivity contribution in [3.8, 4) is 0 Å². The number of hydrogen-bond acceptors (Lipinski definition) is 2. The third kappa shape index (κ3) is 2.33. The number of carbonyl (C=O) groups is 1. The highest BCUT2D eigenvalue weighted by Gasteiger charge is 2.45. The summed E-state index contributed by atoms with van der Waals surface area (Å²) in [6.07, 6.45) is 3.34. The molecule has 2 atom stereocenters. The lowest BCUT2D eigenvalue weighted by atomic mass is 9.76. The van der Waals surface area contributed by atoms with Crippen molar-refractivity contribution in [1.29, 1.82) is 0 Å². The second-order valence-electron chi connectivity index (χ2n) is 5.56. The molecule has 1 aromatic rings. The number of aromatic nitrogens is 1. The second-order valence-corrected chi connectivity index (χ2v) is 5.56. The maximum absolute atomic E-state index is 11.7. The molecule has 0 aromatic carbocycles. The molecule has 1 aromatic heterocycles. The molecule has 1 N–H and O–H groups in total. The first-order valence-corrected chi connectivity index (χ1v) is 6.23. The molecule has 92 valence electrons. The topological polar surface area (TPSA) is 42.0 Å². The van der Waals surface area contributed by atoms with Gasteiger partial charge in [-0.2, -0.15) is 0 Å². The number of hydrogen-bond donors (Lipinski definition) is 1. The van der Waals surface area contributed by atoms with Crippen molar-refractivity contribution in [2.24, 2.45) is 5.92 Å². The third-order valence-corrected chi connectivity index (χ3v) is 3.59. The van der Waals surface area contributed by atoms with Gasteiger partial charge in [0.05, 0.1) is 0 Å². The van der Waals surface area contributed by atoms with Crippen molar-refractivity contribution in [1.82, 2.24) is 10.3 Å². The zero-order valence-electron chi connectivity index (χ0n) is 10.7. The van der Waals surface area contributed by atoms with Crippen molar-refractivity contribution in [2.45, 2.75) is 45.1 Å². The SMILES string of the molecule is CC(C)CC1NC(=O)CC1(C)c1ccccn1. The van der Waals surface area contributed by atoms with Crippen LogP contribution in [0.1, 0.15) is 39.3 Å². The van der Waals surface area contributed by atoms with Gasteiger partial charge in [-0.1, -0.05) is 26.8 Å². The van der Waals surface area contributed by atoms with Gasteiger partial charge >= 0.3 is 0 Å². The fraction of sp³-hybridized carbons (Fsp3) is 0.571. The summed E-state index contributed by atoms with van der Waals surface area (Å²) in [6, 6.07) is 6.12. The molecule has 0 bridgehead atoms.